The Hall–Kier alpha value is -2.67. The van der Waals surface area contributed by atoms with Gasteiger partial charge in [0.15, 0.2) is 0 Å². The number of aromatic nitrogens is 3. The lowest BCUT2D eigenvalue weighted by molar-refractivity contribution is -0.122. The Morgan fingerprint density at radius 3 is 2.69 bits per heavy atom. The number of halogens is 1. The van der Waals surface area contributed by atoms with Crippen molar-refractivity contribution >= 4 is 21.8 Å². The maximum absolute atomic E-state index is 12.3. The van der Waals surface area contributed by atoms with E-state index in [1.807, 2.05) is 48.9 Å². The number of benzene rings is 1. The quantitative estimate of drug-likeness (QED) is 0.697. The van der Waals surface area contributed by atoms with Gasteiger partial charge < -0.3 is 9.88 Å². The molecule has 1 aromatic carbocycles. The first-order chi connectivity index (χ1) is 12.5. The van der Waals surface area contributed by atoms with Gasteiger partial charge in [0.2, 0.25) is 5.91 Å². The summed E-state index contributed by atoms with van der Waals surface area (Å²) in [6.07, 6.45) is 3.36. The molecule has 3 aromatic rings. The lowest BCUT2D eigenvalue weighted by atomic mass is 10.1. The molecule has 134 valence electrons. The Morgan fingerprint density at radius 1 is 1.23 bits per heavy atom. The summed E-state index contributed by atoms with van der Waals surface area (Å²) in [4.78, 5) is 24.2. The minimum absolute atomic E-state index is 0.0333. The van der Waals surface area contributed by atoms with E-state index in [-0.39, 0.29) is 24.1 Å². The summed E-state index contributed by atoms with van der Waals surface area (Å²) in [6, 6.07) is 12.7. The molecule has 2 heterocycles. The Kier molecular flexibility index (Phi) is 5.37. The van der Waals surface area contributed by atoms with Gasteiger partial charge in [-0.2, -0.15) is 5.10 Å². The van der Waals surface area contributed by atoms with Crippen LogP contribution in [0.2, 0.25) is 0 Å². The van der Waals surface area contributed by atoms with Crippen LogP contribution in [0.4, 0.5) is 0 Å². The Labute approximate surface area is 159 Å². The molecule has 0 bridgehead atoms. The molecule has 0 aliphatic rings. The molecule has 1 N–H and O–H groups in total. The van der Waals surface area contributed by atoms with Crippen LogP contribution in [0.3, 0.4) is 0 Å². The molecule has 0 fully saturated rings. The third-order valence-corrected chi connectivity index (χ3v) is 4.62. The van der Waals surface area contributed by atoms with Gasteiger partial charge in [-0.15, -0.1) is 0 Å². The van der Waals surface area contributed by atoms with Crippen LogP contribution in [0.15, 0.2) is 64.1 Å². The van der Waals surface area contributed by atoms with E-state index in [9.17, 15) is 9.59 Å². The van der Waals surface area contributed by atoms with Crippen molar-refractivity contribution in [2.75, 3.05) is 0 Å². The number of hydrogen-bond donors (Lipinski definition) is 1. The van der Waals surface area contributed by atoms with Gasteiger partial charge in [-0.3, -0.25) is 9.59 Å². The lowest BCUT2D eigenvalue weighted by Gasteiger charge is -2.15. The predicted octanol–water partition coefficient (Wildman–Crippen LogP) is 2.98. The van der Waals surface area contributed by atoms with E-state index in [0.717, 1.165) is 21.4 Å². The first-order valence-electron chi connectivity index (χ1n) is 8.21. The van der Waals surface area contributed by atoms with E-state index in [2.05, 4.69) is 26.3 Å². The number of carbonyl (C=O) groups excluding carboxylic acids is 1. The molecule has 0 spiro atoms. The SMILES string of the molecule is Cc1c(C(C)NC(=O)Cn2cc(Br)ccc2=O)cnn1-c1ccccc1. The summed E-state index contributed by atoms with van der Waals surface area (Å²) in [5.41, 5.74) is 2.65. The third-order valence-electron chi connectivity index (χ3n) is 4.15. The zero-order valence-electron chi connectivity index (χ0n) is 14.5. The number of rotatable bonds is 5. The van der Waals surface area contributed by atoms with Gasteiger partial charge >= 0.3 is 0 Å². The van der Waals surface area contributed by atoms with Crippen molar-refractivity contribution in [1.82, 2.24) is 19.7 Å². The van der Waals surface area contributed by atoms with Crippen LogP contribution in [-0.2, 0) is 11.3 Å². The van der Waals surface area contributed by atoms with Gasteiger partial charge in [-0.05, 0) is 48.0 Å². The van der Waals surface area contributed by atoms with Crippen molar-refractivity contribution in [2.24, 2.45) is 0 Å². The molecule has 3 rings (SSSR count). The highest BCUT2D eigenvalue weighted by Gasteiger charge is 2.16. The minimum atomic E-state index is -0.232. The van der Waals surface area contributed by atoms with E-state index in [1.165, 1.54) is 10.6 Å². The van der Waals surface area contributed by atoms with Crippen molar-refractivity contribution in [1.29, 1.82) is 0 Å². The van der Waals surface area contributed by atoms with E-state index in [0.29, 0.717) is 0 Å². The first-order valence-corrected chi connectivity index (χ1v) is 9.00. The Bertz CT molecular complexity index is 979. The predicted molar refractivity (Wildman–Crippen MR) is 103 cm³/mol. The second-order valence-electron chi connectivity index (χ2n) is 6.04. The molecule has 0 radical (unpaired) electrons. The van der Waals surface area contributed by atoms with Crippen LogP contribution in [-0.4, -0.2) is 20.3 Å². The van der Waals surface area contributed by atoms with Gasteiger partial charge in [0.25, 0.3) is 5.56 Å². The van der Waals surface area contributed by atoms with Crippen LogP contribution >= 0.6 is 15.9 Å². The van der Waals surface area contributed by atoms with Gasteiger partial charge in [0.1, 0.15) is 6.54 Å². The molecule has 1 amide bonds. The summed E-state index contributed by atoms with van der Waals surface area (Å²) in [5.74, 6) is -0.232. The number of pyridine rings is 1. The molecule has 0 aliphatic heterocycles. The standard InChI is InChI=1S/C19H19BrN4O2/c1-13(22-18(25)12-23-11-15(20)8-9-19(23)26)17-10-21-24(14(17)2)16-6-4-3-5-7-16/h3-11,13H,12H2,1-2H3,(H,22,25). The Balaban J connectivity index is 1.73. The van der Waals surface area contributed by atoms with Gasteiger partial charge in [-0.1, -0.05) is 18.2 Å². The zero-order valence-corrected chi connectivity index (χ0v) is 16.1. The average Bonchev–Trinajstić information content (AvgIpc) is 3.00. The zero-order chi connectivity index (χ0) is 18.7. The highest BCUT2D eigenvalue weighted by molar-refractivity contribution is 9.10. The molecule has 2 aromatic heterocycles. The van der Waals surface area contributed by atoms with E-state index in [1.54, 1.807) is 18.5 Å². The van der Waals surface area contributed by atoms with Crippen LogP contribution < -0.4 is 10.9 Å². The second kappa shape index (κ2) is 7.70. The van der Waals surface area contributed by atoms with Gasteiger partial charge in [-0.25, -0.2) is 4.68 Å². The summed E-state index contributed by atoms with van der Waals surface area (Å²) < 4.78 is 3.96. The smallest absolute Gasteiger partial charge is 0.251 e. The number of hydrogen-bond acceptors (Lipinski definition) is 3. The maximum Gasteiger partial charge on any atom is 0.251 e. The molecule has 6 nitrogen and oxygen atoms in total. The summed E-state index contributed by atoms with van der Waals surface area (Å²) in [7, 11) is 0. The molecule has 7 heteroatoms. The lowest BCUT2D eigenvalue weighted by Crippen LogP contribution is -2.33. The van der Waals surface area contributed by atoms with E-state index >= 15 is 0 Å². The van der Waals surface area contributed by atoms with Crippen LogP contribution in [0.25, 0.3) is 5.69 Å². The molecular formula is C19H19BrN4O2. The van der Waals surface area contributed by atoms with Crippen molar-refractivity contribution in [3.8, 4) is 5.69 Å². The molecule has 1 atom stereocenters. The van der Waals surface area contributed by atoms with E-state index < -0.39 is 0 Å². The van der Waals surface area contributed by atoms with Crippen molar-refractivity contribution in [3.63, 3.8) is 0 Å². The average molecular weight is 415 g/mol. The van der Waals surface area contributed by atoms with Crippen LogP contribution in [0.5, 0.6) is 0 Å². The van der Waals surface area contributed by atoms with Gasteiger partial charge in [0.05, 0.1) is 17.9 Å². The number of nitrogens with zero attached hydrogens (tertiary/aromatic N) is 3. The number of nitrogens with one attached hydrogen (secondary N) is 1. The molecule has 0 saturated heterocycles. The summed E-state index contributed by atoms with van der Waals surface area (Å²) in [6.45, 7) is 3.84. The molecule has 1 unspecified atom stereocenters. The fourth-order valence-electron chi connectivity index (χ4n) is 2.82. The van der Waals surface area contributed by atoms with Crippen LogP contribution in [0.1, 0.15) is 24.2 Å². The van der Waals surface area contributed by atoms with Crippen molar-refractivity contribution in [2.45, 2.75) is 26.4 Å². The maximum atomic E-state index is 12.3. The minimum Gasteiger partial charge on any atom is -0.348 e. The topological polar surface area (TPSA) is 68.9 Å². The second-order valence-corrected chi connectivity index (χ2v) is 6.95. The molecule has 0 saturated carbocycles. The fourth-order valence-corrected chi connectivity index (χ4v) is 3.20. The highest BCUT2D eigenvalue weighted by Crippen LogP contribution is 2.20. The third kappa shape index (κ3) is 3.94. The summed E-state index contributed by atoms with van der Waals surface area (Å²) >= 11 is 3.31. The normalized spacial score (nSPS) is 12.0. The first kappa shape index (κ1) is 18.1. The molecular weight excluding hydrogens is 396 g/mol. The number of para-hydroxylation sites is 1. The number of carbonyl (C=O) groups is 1. The molecule has 0 aliphatic carbocycles. The van der Waals surface area contributed by atoms with Crippen molar-refractivity contribution in [3.05, 3.63) is 80.9 Å². The Morgan fingerprint density at radius 2 is 1.96 bits per heavy atom. The fraction of sp³-hybridized carbons (Fsp3) is 0.211. The number of amides is 1. The largest absolute Gasteiger partial charge is 0.348 e. The van der Waals surface area contributed by atoms with Crippen molar-refractivity contribution < 1.29 is 4.79 Å². The van der Waals surface area contributed by atoms with Gasteiger partial charge in [0, 0.05) is 28.0 Å². The molecule has 26 heavy (non-hydrogen) atoms. The summed E-state index contributed by atoms with van der Waals surface area (Å²) in [5, 5.41) is 7.36. The van der Waals surface area contributed by atoms with Crippen LogP contribution in [0, 0.1) is 6.92 Å². The highest BCUT2D eigenvalue weighted by atomic mass is 79.9. The van der Waals surface area contributed by atoms with E-state index in [4.69, 9.17) is 0 Å². The monoisotopic (exact) mass is 414 g/mol.